The number of fused-ring (bicyclic) bond motifs is 1. The van der Waals surface area contributed by atoms with Crippen molar-refractivity contribution in [1.82, 2.24) is 19.9 Å². The molecule has 2 N–H and O–H groups in total. The Labute approximate surface area is 184 Å². The monoisotopic (exact) mass is 436 g/mol. The van der Waals surface area contributed by atoms with Gasteiger partial charge in [0.15, 0.2) is 5.65 Å². The van der Waals surface area contributed by atoms with Crippen LogP contribution in [0.5, 0.6) is 11.5 Å². The van der Waals surface area contributed by atoms with Gasteiger partial charge in [0.25, 0.3) is 5.91 Å². The average Bonchev–Trinajstić information content (AvgIpc) is 3.17. The number of hydrogen-bond acceptors (Lipinski definition) is 5. The number of carbonyl (C=O) groups excluding carboxylic acids is 1. The molecule has 0 spiro atoms. The van der Waals surface area contributed by atoms with Crippen LogP contribution in [-0.2, 0) is 6.42 Å². The number of rotatable bonds is 7. The minimum Gasteiger partial charge on any atom is -0.507 e. The predicted molar refractivity (Wildman–Crippen MR) is 118 cm³/mol. The minimum atomic E-state index is -0.161. The predicted octanol–water partition coefficient (Wildman–Crippen LogP) is 4.31. The van der Waals surface area contributed by atoms with E-state index in [2.05, 4.69) is 19.7 Å². The van der Waals surface area contributed by atoms with Crippen LogP contribution in [0.25, 0.3) is 16.9 Å². The quantitative estimate of drug-likeness (QED) is 0.421. The van der Waals surface area contributed by atoms with Crippen LogP contribution >= 0.6 is 11.9 Å². The number of benzene rings is 2. The Morgan fingerprint density at radius 2 is 1.97 bits per heavy atom. The standard InChI is InChI=1S/C23H21ClN4O3/c1-15-14-26-28-17(13-20(27-22(15)28)19-6-2-3-7-21(19)29)5-4-12-25-23(30)16-8-10-18(31-24)11-9-16/h2-3,6-11,13-14,29H,4-5,12H2,1H3,(H,25,30). The number of nitrogens with one attached hydrogen (secondary N) is 1. The van der Waals surface area contributed by atoms with Crippen molar-refractivity contribution < 1.29 is 14.2 Å². The molecule has 0 atom stereocenters. The molecule has 0 radical (unpaired) electrons. The highest BCUT2D eigenvalue weighted by Crippen LogP contribution is 2.29. The fourth-order valence-electron chi connectivity index (χ4n) is 3.37. The molecule has 0 saturated heterocycles. The summed E-state index contributed by atoms with van der Waals surface area (Å²) in [6.45, 7) is 2.46. The smallest absolute Gasteiger partial charge is 0.251 e. The van der Waals surface area contributed by atoms with E-state index in [1.165, 1.54) is 0 Å². The number of amides is 1. The fourth-order valence-corrected chi connectivity index (χ4v) is 3.48. The summed E-state index contributed by atoms with van der Waals surface area (Å²) in [7, 11) is 0. The number of carbonyl (C=O) groups is 1. The van der Waals surface area contributed by atoms with E-state index in [-0.39, 0.29) is 11.7 Å². The van der Waals surface area contributed by atoms with Crippen molar-refractivity contribution in [3.8, 4) is 22.8 Å². The normalized spacial score (nSPS) is 10.9. The number of aromatic hydroxyl groups is 1. The molecule has 0 unspecified atom stereocenters. The Balaban J connectivity index is 1.48. The van der Waals surface area contributed by atoms with Gasteiger partial charge in [-0.1, -0.05) is 12.1 Å². The molecule has 8 heteroatoms. The lowest BCUT2D eigenvalue weighted by atomic mass is 10.1. The number of phenols is 1. The van der Waals surface area contributed by atoms with E-state index in [0.29, 0.717) is 42.0 Å². The molecule has 2 heterocycles. The molecule has 2 aromatic heterocycles. The number of aromatic nitrogens is 3. The summed E-state index contributed by atoms with van der Waals surface area (Å²) in [5, 5.41) is 17.6. The summed E-state index contributed by atoms with van der Waals surface area (Å²) in [5.74, 6) is 0.501. The topological polar surface area (TPSA) is 88.8 Å². The Hall–Kier alpha value is -3.58. The molecule has 7 nitrogen and oxygen atoms in total. The Bertz CT molecular complexity index is 1220. The van der Waals surface area contributed by atoms with Crippen molar-refractivity contribution in [3.05, 3.63) is 77.6 Å². The zero-order valence-electron chi connectivity index (χ0n) is 16.9. The van der Waals surface area contributed by atoms with Gasteiger partial charge >= 0.3 is 0 Å². The van der Waals surface area contributed by atoms with Gasteiger partial charge in [-0.15, -0.1) is 0 Å². The van der Waals surface area contributed by atoms with E-state index in [1.807, 2.05) is 29.6 Å². The van der Waals surface area contributed by atoms with E-state index >= 15 is 0 Å². The van der Waals surface area contributed by atoms with Crippen LogP contribution in [0.2, 0.25) is 0 Å². The molecule has 0 fully saturated rings. The molecule has 0 saturated carbocycles. The number of hydrogen-bond donors (Lipinski definition) is 2. The molecule has 2 aromatic carbocycles. The Morgan fingerprint density at radius 1 is 1.19 bits per heavy atom. The minimum absolute atomic E-state index is 0.161. The Kier molecular flexibility index (Phi) is 6.04. The zero-order valence-corrected chi connectivity index (χ0v) is 17.6. The van der Waals surface area contributed by atoms with Crippen LogP contribution in [0.3, 0.4) is 0 Å². The second-order valence-corrected chi connectivity index (χ2v) is 7.33. The molecule has 4 rings (SSSR count). The maximum atomic E-state index is 12.3. The van der Waals surface area contributed by atoms with Crippen LogP contribution in [0.15, 0.2) is 60.8 Å². The number of aryl methyl sites for hydroxylation is 2. The van der Waals surface area contributed by atoms with E-state index in [0.717, 1.165) is 16.9 Å². The first-order valence-electron chi connectivity index (χ1n) is 9.86. The second-order valence-electron chi connectivity index (χ2n) is 7.17. The van der Waals surface area contributed by atoms with Crippen LogP contribution in [-0.4, -0.2) is 32.2 Å². The highest BCUT2D eigenvalue weighted by atomic mass is 35.5. The molecule has 158 valence electrons. The summed E-state index contributed by atoms with van der Waals surface area (Å²) in [4.78, 5) is 17.0. The molecule has 31 heavy (non-hydrogen) atoms. The lowest BCUT2D eigenvalue weighted by Crippen LogP contribution is -2.24. The van der Waals surface area contributed by atoms with Gasteiger partial charge in [-0.3, -0.25) is 4.79 Å². The van der Waals surface area contributed by atoms with Crippen LogP contribution < -0.4 is 9.61 Å². The van der Waals surface area contributed by atoms with E-state index in [9.17, 15) is 9.90 Å². The maximum absolute atomic E-state index is 12.3. The van der Waals surface area contributed by atoms with Gasteiger partial charge in [-0.2, -0.15) is 5.10 Å². The lowest BCUT2D eigenvalue weighted by Gasteiger charge is -2.10. The van der Waals surface area contributed by atoms with Crippen LogP contribution in [0.1, 0.15) is 28.0 Å². The van der Waals surface area contributed by atoms with Crippen LogP contribution in [0.4, 0.5) is 0 Å². The van der Waals surface area contributed by atoms with Gasteiger partial charge < -0.3 is 14.7 Å². The largest absolute Gasteiger partial charge is 0.507 e. The van der Waals surface area contributed by atoms with Gasteiger partial charge in [-0.25, -0.2) is 9.50 Å². The number of nitrogens with zero attached hydrogens (tertiary/aromatic N) is 3. The molecule has 4 aromatic rings. The van der Waals surface area contributed by atoms with Gasteiger partial charge in [0.05, 0.1) is 11.9 Å². The second kappa shape index (κ2) is 9.06. The van der Waals surface area contributed by atoms with E-state index in [1.54, 1.807) is 42.6 Å². The van der Waals surface area contributed by atoms with Crippen LogP contribution in [0, 0.1) is 6.92 Å². The first-order chi connectivity index (χ1) is 15.1. The summed E-state index contributed by atoms with van der Waals surface area (Å²) in [5.41, 5.74) is 4.56. The third-order valence-electron chi connectivity index (χ3n) is 5.00. The first-order valence-corrected chi connectivity index (χ1v) is 10.2. The molecule has 0 aliphatic rings. The van der Waals surface area contributed by atoms with Crippen molar-refractivity contribution in [2.24, 2.45) is 0 Å². The van der Waals surface area contributed by atoms with E-state index < -0.39 is 0 Å². The van der Waals surface area contributed by atoms with Gasteiger partial charge in [0, 0.05) is 28.9 Å². The van der Waals surface area contributed by atoms with Crippen molar-refractivity contribution in [3.63, 3.8) is 0 Å². The summed E-state index contributed by atoms with van der Waals surface area (Å²) < 4.78 is 6.40. The number of para-hydroxylation sites is 1. The molecule has 0 bridgehead atoms. The SMILES string of the molecule is Cc1cnn2c(CCCNC(=O)c3ccc(OCl)cc3)cc(-c3ccccc3O)nc12. The zero-order chi connectivity index (χ0) is 21.8. The highest BCUT2D eigenvalue weighted by Gasteiger charge is 2.13. The molecular formula is C23H21ClN4O3. The fraction of sp³-hybridized carbons (Fsp3) is 0.174. The van der Waals surface area contributed by atoms with E-state index in [4.69, 9.17) is 11.9 Å². The molecule has 0 aliphatic heterocycles. The molecular weight excluding hydrogens is 416 g/mol. The number of phenolic OH excluding ortho intramolecular Hbond substituents is 1. The number of halogens is 1. The third kappa shape index (κ3) is 4.46. The van der Waals surface area contributed by atoms with Crippen molar-refractivity contribution in [2.45, 2.75) is 19.8 Å². The first kappa shape index (κ1) is 20.7. The lowest BCUT2D eigenvalue weighted by molar-refractivity contribution is 0.0953. The summed E-state index contributed by atoms with van der Waals surface area (Å²) >= 11 is 5.30. The third-order valence-corrected chi connectivity index (χ3v) is 5.18. The molecule has 0 aliphatic carbocycles. The van der Waals surface area contributed by atoms with Crippen molar-refractivity contribution in [1.29, 1.82) is 0 Å². The van der Waals surface area contributed by atoms with Gasteiger partial charge in [0.2, 0.25) is 0 Å². The maximum Gasteiger partial charge on any atom is 0.251 e. The summed E-state index contributed by atoms with van der Waals surface area (Å²) in [6, 6.07) is 15.6. The Morgan fingerprint density at radius 3 is 2.71 bits per heavy atom. The van der Waals surface area contributed by atoms with Gasteiger partial charge in [-0.05, 0) is 62.2 Å². The highest BCUT2D eigenvalue weighted by molar-refractivity contribution is 6.09. The van der Waals surface area contributed by atoms with Crippen molar-refractivity contribution in [2.75, 3.05) is 6.54 Å². The molecule has 1 amide bonds. The van der Waals surface area contributed by atoms with Crippen molar-refractivity contribution >= 4 is 23.4 Å². The van der Waals surface area contributed by atoms with Gasteiger partial charge in [0.1, 0.15) is 23.4 Å². The average molecular weight is 437 g/mol. The summed E-state index contributed by atoms with van der Waals surface area (Å²) in [6.07, 6.45) is 3.17.